The summed E-state index contributed by atoms with van der Waals surface area (Å²) in [5, 5.41) is 7.78. The van der Waals surface area contributed by atoms with Crippen molar-refractivity contribution in [3.8, 4) is 0 Å². The fourth-order valence-corrected chi connectivity index (χ4v) is 3.75. The molecule has 0 saturated heterocycles. The zero-order chi connectivity index (χ0) is 14.4. The van der Waals surface area contributed by atoms with Gasteiger partial charge in [-0.15, -0.1) is 0 Å². The maximum Gasteiger partial charge on any atom is 0.134 e. The van der Waals surface area contributed by atoms with E-state index in [2.05, 4.69) is 40.7 Å². The van der Waals surface area contributed by atoms with Crippen LogP contribution in [0.15, 0.2) is 6.33 Å². The van der Waals surface area contributed by atoms with Crippen LogP contribution in [0.2, 0.25) is 0 Å². The second-order valence-electron chi connectivity index (χ2n) is 5.29. The average Bonchev–Trinajstić information content (AvgIpc) is 2.92. The lowest BCUT2D eigenvalue weighted by molar-refractivity contribution is 0.759. The molecule has 0 bridgehead atoms. The molecule has 1 aromatic heterocycles. The molecule has 1 saturated carbocycles. The smallest absolute Gasteiger partial charge is 0.134 e. The third-order valence-electron chi connectivity index (χ3n) is 3.92. The molecule has 0 radical (unpaired) electrons. The molecule has 1 aliphatic carbocycles. The van der Waals surface area contributed by atoms with Gasteiger partial charge in [0.2, 0.25) is 0 Å². The Kier molecular flexibility index (Phi) is 5.95. The Morgan fingerprint density at radius 3 is 2.75 bits per heavy atom. The van der Waals surface area contributed by atoms with Gasteiger partial charge in [-0.1, -0.05) is 20.3 Å². The lowest BCUT2D eigenvalue weighted by Gasteiger charge is -2.22. The van der Waals surface area contributed by atoms with E-state index in [4.69, 9.17) is 0 Å². The van der Waals surface area contributed by atoms with E-state index < -0.39 is 0 Å². The minimum atomic E-state index is 0.546. The van der Waals surface area contributed by atoms with E-state index in [1.54, 1.807) is 6.33 Å². The maximum absolute atomic E-state index is 4.48. The summed E-state index contributed by atoms with van der Waals surface area (Å²) in [5.41, 5.74) is 1.22. The van der Waals surface area contributed by atoms with E-state index in [0.717, 1.165) is 31.0 Å². The van der Waals surface area contributed by atoms with Crippen molar-refractivity contribution in [3.05, 3.63) is 11.9 Å². The van der Waals surface area contributed by atoms with Gasteiger partial charge >= 0.3 is 0 Å². The van der Waals surface area contributed by atoms with Gasteiger partial charge in [-0.3, -0.25) is 0 Å². The van der Waals surface area contributed by atoms with Crippen molar-refractivity contribution in [2.75, 3.05) is 23.4 Å². The van der Waals surface area contributed by atoms with Crippen LogP contribution in [0.4, 0.5) is 11.6 Å². The third kappa shape index (κ3) is 3.57. The molecule has 2 unspecified atom stereocenters. The Morgan fingerprint density at radius 1 is 1.25 bits per heavy atom. The number of hydrogen-bond acceptors (Lipinski definition) is 5. The summed E-state index contributed by atoms with van der Waals surface area (Å²) in [6, 6.07) is 0.546. The van der Waals surface area contributed by atoms with Gasteiger partial charge in [0.1, 0.15) is 18.0 Å². The van der Waals surface area contributed by atoms with Crippen molar-refractivity contribution < 1.29 is 0 Å². The minimum Gasteiger partial charge on any atom is -0.370 e. The fourth-order valence-electron chi connectivity index (χ4n) is 2.82. The number of anilines is 2. The molecule has 2 N–H and O–H groups in total. The second-order valence-corrected chi connectivity index (χ2v) is 6.36. The largest absolute Gasteiger partial charge is 0.370 e. The number of rotatable bonds is 7. The average molecular weight is 294 g/mol. The van der Waals surface area contributed by atoms with Gasteiger partial charge in [0.15, 0.2) is 0 Å². The van der Waals surface area contributed by atoms with Gasteiger partial charge in [0.05, 0.1) is 0 Å². The molecule has 1 heterocycles. The third-order valence-corrected chi connectivity index (χ3v) is 5.09. The van der Waals surface area contributed by atoms with Crippen LogP contribution in [0.3, 0.4) is 0 Å². The molecular weight excluding hydrogens is 268 g/mol. The number of nitrogens with zero attached hydrogens (tertiary/aromatic N) is 2. The Hall–Kier alpha value is -0.970. The van der Waals surface area contributed by atoms with E-state index in [0.29, 0.717) is 11.3 Å². The normalized spacial score (nSPS) is 21.9. The molecule has 20 heavy (non-hydrogen) atoms. The highest BCUT2D eigenvalue weighted by molar-refractivity contribution is 7.99. The molecule has 0 aromatic carbocycles. The van der Waals surface area contributed by atoms with Crippen molar-refractivity contribution in [3.63, 3.8) is 0 Å². The van der Waals surface area contributed by atoms with E-state index in [9.17, 15) is 0 Å². The summed E-state index contributed by atoms with van der Waals surface area (Å²) >= 11 is 1.97. The van der Waals surface area contributed by atoms with Gasteiger partial charge in [-0.25, -0.2) is 9.97 Å². The van der Waals surface area contributed by atoms with Crippen molar-refractivity contribution in [2.24, 2.45) is 0 Å². The van der Waals surface area contributed by atoms with Crippen molar-refractivity contribution in [1.82, 2.24) is 9.97 Å². The summed E-state index contributed by atoms with van der Waals surface area (Å²) in [5.74, 6) is 2.01. The van der Waals surface area contributed by atoms with Crippen LogP contribution in [-0.4, -0.2) is 34.1 Å². The Morgan fingerprint density at radius 2 is 2.05 bits per heavy atom. The minimum absolute atomic E-state index is 0.546. The van der Waals surface area contributed by atoms with Crippen molar-refractivity contribution in [1.29, 1.82) is 0 Å². The van der Waals surface area contributed by atoms with E-state index in [1.165, 1.54) is 24.8 Å². The molecule has 4 nitrogen and oxygen atoms in total. The molecule has 5 heteroatoms. The van der Waals surface area contributed by atoms with Crippen LogP contribution in [0.1, 0.15) is 45.1 Å². The summed E-state index contributed by atoms with van der Waals surface area (Å²) in [6.07, 6.45) is 9.81. The number of aromatic nitrogens is 2. The summed E-state index contributed by atoms with van der Waals surface area (Å²) in [6.45, 7) is 5.29. The molecule has 0 amide bonds. The summed E-state index contributed by atoms with van der Waals surface area (Å²) in [4.78, 5) is 8.87. The lowest BCUT2D eigenvalue weighted by atomic mass is 10.2. The van der Waals surface area contributed by atoms with E-state index in [1.807, 2.05) is 11.8 Å². The monoisotopic (exact) mass is 294 g/mol. The van der Waals surface area contributed by atoms with Crippen molar-refractivity contribution in [2.45, 2.75) is 57.2 Å². The number of thioether (sulfide) groups is 1. The van der Waals surface area contributed by atoms with Crippen LogP contribution in [0, 0.1) is 0 Å². The maximum atomic E-state index is 4.48. The first kappa shape index (κ1) is 15.4. The number of hydrogen-bond donors (Lipinski definition) is 2. The lowest BCUT2D eigenvalue weighted by Crippen LogP contribution is -2.27. The highest BCUT2D eigenvalue weighted by atomic mass is 32.2. The van der Waals surface area contributed by atoms with Crippen LogP contribution in [0.25, 0.3) is 0 Å². The zero-order valence-corrected chi connectivity index (χ0v) is 13.6. The van der Waals surface area contributed by atoms with Crippen LogP contribution < -0.4 is 10.6 Å². The van der Waals surface area contributed by atoms with Gasteiger partial charge in [-0.05, 0) is 31.9 Å². The highest BCUT2D eigenvalue weighted by Gasteiger charge is 2.27. The molecule has 2 atom stereocenters. The Labute approximate surface area is 126 Å². The molecule has 0 aliphatic heterocycles. The first-order valence-electron chi connectivity index (χ1n) is 7.67. The molecule has 1 fully saturated rings. The Balaban J connectivity index is 2.14. The van der Waals surface area contributed by atoms with Crippen molar-refractivity contribution >= 4 is 23.4 Å². The standard InChI is InChI=1S/C15H26N4S/c1-4-9-16-14-11(5-2)15(18-10-17-14)19-12-7-6-8-13(12)20-3/h10,12-13H,4-9H2,1-3H3,(H2,16,17,18,19). The summed E-state index contributed by atoms with van der Waals surface area (Å²) < 4.78 is 0. The topological polar surface area (TPSA) is 49.8 Å². The van der Waals surface area contributed by atoms with Crippen LogP contribution in [-0.2, 0) is 6.42 Å². The molecule has 1 aromatic rings. The zero-order valence-electron chi connectivity index (χ0n) is 12.8. The van der Waals surface area contributed by atoms with E-state index in [-0.39, 0.29) is 0 Å². The van der Waals surface area contributed by atoms with Gasteiger partial charge in [-0.2, -0.15) is 11.8 Å². The highest BCUT2D eigenvalue weighted by Crippen LogP contribution is 2.32. The molecular formula is C15H26N4S. The van der Waals surface area contributed by atoms with E-state index >= 15 is 0 Å². The number of nitrogens with one attached hydrogen (secondary N) is 2. The molecule has 1 aliphatic rings. The molecule has 0 spiro atoms. The first-order chi connectivity index (χ1) is 9.80. The molecule has 2 rings (SSSR count). The molecule has 112 valence electrons. The summed E-state index contributed by atoms with van der Waals surface area (Å²) in [7, 11) is 0. The predicted octanol–water partition coefficient (Wildman–Crippen LogP) is 3.56. The second kappa shape index (κ2) is 7.72. The van der Waals surface area contributed by atoms with Gasteiger partial charge in [0.25, 0.3) is 0 Å². The van der Waals surface area contributed by atoms with Crippen LogP contribution in [0.5, 0.6) is 0 Å². The SMILES string of the molecule is CCCNc1ncnc(NC2CCCC2SC)c1CC. The quantitative estimate of drug-likeness (QED) is 0.805. The Bertz CT molecular complexity index is 424. The van der Waals surface area contributed by atoms with Crippen LogP contribution >= 0.6 is 11.8 Å². The fraction of sp³-hybridized carbons (Fsp3) is 0.733. The first-order valence-corrected chi connectivity index (χ1v) is 8.96. The predicted molar refractivity (Wildman–Crippen MR) is 88.8 cm³/mol. The van der Waals surface area contributed by atoms with Gasteiger partial charge < -0.3 is 10.6 Å². The van der Waals surface area contributed by atoms with Gasteiger partial charge in [0, 0.05) is 23.4 Å².